The van der Waals surface area contributed by atoms with Crippen LogP contribution in [0.2, 0.25) is 0 Å². The molecule has 2 rings (SSSR count). The first-order valence-electron chi connectivity index (χ1n) is 6.37. The van der Waals surface area contributed by atoms with Crippen LogP contribution >= 0.6 is 0 Å². The van der Waals surface area contributed by atoms with Crippen molar-refractivity contribution in [2.24, 2.45) is 0 Å². The number of aryl methyl sites for hydroxylation is 1. The lowest BCUT2D eigenvalue weighted by Crippen LogP contribution is -2.23. The average molecular weight is 285 g/mol. The Kier molecular flexibility index (Phi) is 4.23. The maximum absolute atomic E-state index is 12.0. The fourth-order valence-corrected chi connectivity index (χ4v) is 1.92. The van der Waals surface area contributed by atoms with Crippen molar-refractivity contribution in [3.8, 4) is 5.75 Å². The molecule has 0 fully saturated rings. The van der Waals surface area contributed by atoms with Crippen molar-refractivity contribution < 1.29 is 19.8 Å². The number of benzene rings is 2. The van der Waals surface area contributed by atoms with Gasteiger partial charge >= 0.3 is 5.97 Å². The summed E-state index contributed by atoms with van der Waals surface area (Å²) in [6.45, 7) is 2.01. The normalized spacial score (nSPS) is 10.1. The lowest BCUT2D eigenvalue weighted by Gasteiger charge is -2.08. The maximum atomic E-state index is 12.0. The molecule has 0 aliphatic carbocycles. The van der Waals surface area contributed by atoms with Crippen LogP contribution in [0.5, 0.6) is 5.75 Å². The van der Waals surface area contributed by atoms with E-state index < -0.39 is 11.9 Å². The Labute approximate surface area is 121 Å². The minimum absolute atomic E-state index is 0.0858. The first-order chi connectivity index (χ1) is 9.97. The van der Waals surface area contributed by atoms with Gasteiger partial charge in [-0.15, -0.1) is 0 Å². The Morgan fingerprint density at radius 2 is 1.90 bits per heavy atom. The Morgan fingerprint density at radius 3 is 2.62 bits per heavy atom. The summed E-state index contributed by atoms with van der Waals surface area (Å²) in [6, 6.07) is 11.1. The van der Waals surface area contributed by atoms with Gasteiger partial charge in [0.15, 0.2) is 0 Å². The molecule has 0 unspecified atom stereocenters. The van der Waals surface area contributed by atoms with Crippen LogP contribution in [-0.4, -0.2) is 22.1 Å². The number of carboxylic acids is 1. The molecular weight excluding hydrogens is 270 g/mol. The number of carboxylic acid groups (broad SMARTS) is 1. The highest BCUT2D eigenvalue weighted by atomic mass is 16.4. The van der Waals surface area contributed by atoms with Gasteiger partial charge in [0, 0.05) is 6.54 Å². The fourth-order valence-electron chi connectivity index (χ4n) is 1.92. The minimum atomic E-state index is -1.01. The standard InChI is InChI=1S/C16H15NO4/c1-10-5-6-14(18)13(7-10)15(19)17-9-11-3-2-4-12(8-11)16(20)21/h2-8,18H,9H2,1H3,(H,17,19)(H,20,21). The van der Waals surface area contributed by atoms with Crippen LogP contribution in [0.1, 0.15) is 31.8 Å². The van der Waals surface area contributed by atoms with Crippen LogP contribution in [0, 0.1) is 6.92 Å². The average Bonchev–Trinajstić information content (AvgIpc) is 2.47. The zero-order valence-electron chi connectivity index (χ0n) is 11.5. The van der Waals surface area contributed by atoms with Crippen LogP contribution < -0.4 is 5.32 Å². The quantitative estimate of drug-likeness (QED) is 0.804. The summed E-state index contributed by atoms with van der Waals surface area (Å²) in [5, 5.41) is 21.2. The number of carbonyl (C=O) groups is 2. The zero-order valence-corrected chi connectivity index (χ0v) is 11.5. The van der Waals surface area contributed by atoms with Crippen LogP contribution in [0.4, 0.5) is 0 Å². The topological polar surface area (TPSA) is 86.6 Å². The summed E-state index contributed by atoms with van der Waals surface area (Å²) in [5.41, 5.74) is 1.91. The van der Waals surface area contributed by atoms with Gasteiger partial charge in [0.05, 0.1) is 11.1 Å². The second-order valence-electron chi connectivity index (χ2n) is 4.71. The number of aromatic carboxylic acids is 1. The summed E-state index contributed by atoms with van der Waals surface area (Å²) in [7, 11) is 0. The molecule has 0 aliphatic rings. The predicted molar refractivity (Wildman–Crippen MR) is 77.4 cm³/mol. The number of aromatic hydroxyl groups is 1. The second-order valence-corrected chi connectivity index (χ2v) is 4.71. The lowest BCUT2D eigenvalue weighted by molar-refractivity contribution is 0.0696. The molecule has 5 heteroatoms. The summed E-state index contributed by atoms with van der Waals surface area (Å²) in [4.78, 5) is 22.9. The van der Waals surface area contributed by atoms with Gasteiger partial charge in [0.25, 0.3) is 5.91 Å². The molecule has 5 nitrogen and oxygen atoms in total. The van der Waals surface area contributed by atoms with Crippen LogP contribution in [0.3, 0.4) is 0 Å². The summed E-state index contributed by atoms with van der Waals surface area (Å²) >= 11 is 0. The molecule has 0 bridgehead atoms. The molecule has 2 aromatic rings. The van der Waals surface area contributed by atoms with Crippen molar-refractivity contribution in [1.82, 2.24) is 5.32 Å². The number of phenolic OH excluding ortho intramolecular Hbond substituents is 1. The van der Waals surface area contributed by atoms with Gasteiger partial charge < -0.3 is 15.5 Å². The minimum Gasteiger partial charge on any atom is -0.507 e. The molecule has 0 atom stereocenters. The Bertz CT molecular complexity index is 694. The van der Waals surface area contributed by atoms with Crippen molar-refractivity contribution >= 4 is 11.9 Å². The number of nitrogens with one attached hydrogen (secondary N) is 1. The molecule has 0 aliphatic heterocycles. The van der Waals surface area contributed by atoms with Crippen LogP contribution in [-0.2, 0) is 6.54 Å². The first kappa shape index (κ1) is 14.6. The second kappa shape index (κ2) is 6.09. The van der Waals surface area contributed by atoms with Gasteiger partial charge in [-0.1, -0.05) is 23.8 Å². The van der Waals surface area contributed by atoms with Crippen molar-refractivity contribution in [1.29, 1.82) is 0 Å². The molecule has 1 amide bonds. The molecule has 21 heavy (non-hydrogen) atoms. The van der Waals surface area contributed by atoms with E-state index in [1.807, 2.05) is 6.92 Å². The summed E-state index contributed by atoms with van der Waals surface area (Å²) in [5.74, 6) is -1.51. The summed E-state index contributed by atoms with van der Waals surface area (Å²) < 4.78 is 0. The maximum Gasteiger partial charge on any atom is 0.335 e. The third-order valence-corrected chi connectivity index (χ3v) is 3.02. The van der Waals surface area contributed by atoms with Crippen LogP contribution in [0.25, 0.3) is 0 Å². The Morgan fingerprint density at radius 1 is 1.14 bits per heavy atom. The smallest absolute Gasteiger partial charge is 0.335 e. The van der Waals surface area contributed by atoms with E-state index in [1.54, 1.807) is 24.3 Å². The van der Waals surface area contributed by atoms with Crippen molar-refractivity contribution in [3.05, 3.63) is 64.7 Å². The van der Waals surface area contributed by atoms with Gasteiger partial charge in [0.1, 0.15) is 5.75 Å². The number of phenols is 1. The zero-order chi connectivity index (χ0) is 15.4. The van der Waals surface area contributed by atoms with E-state index in [-0.39, 0.29) is 23.4 Å². The van der Waals surface area contributed by atoms with Crippen molar-refractivity contribution in [2.45, 2.75) is 13.5 Å². The third-order valence-electron chi connectivity index (χ3n) is 3.02. The summed E-state index contributed by atoms with van der Waals surface area (Å²) in [6.07, 6.45) is 0. The molecule has 108 valence electrons. The highest BCUT2D eigenvalue weighted by Crippen LogP contribution is 2.18. The highest BCUT2D eigenvalue weighted by Gasteiger charge is 2.11. The highest BCUT2D eigenvalue weighted by molar-refractivity contribution is 5.97. The third kappa shape index (κ3) is 3.60. The predicted octanol–water partition coefficient (Wildman–Crippen LogP) is 2.33. The van der Waals surface area contributed by atoms with Gasteiger partial charge in [0.2, 0.25) is 0 Å². The number of hydrogen-bond acceptors (Lipinski definition) is 3. The molecule has 3 N–H and O–H groups in total. The Hall–Kier alpha value is -2.82. The van der Waals surface area contributed by atoms with E-state index in [2.05, 4.69) is 5.32 Å². The number of amides is 1. The molecule has 0 saturated heterocycles. The SMILES string of the molecule is Cc1ccc(O)c(C(=O)NCc2cccc(C(=O)O)c2)c1. The molecule has 0 saturated carbocycles. The largest absolute Gasteiger partial charge is 0.507 e. The number of rotatable bonds is 4. The van der Waals surface area contributed by atoms with Gasteiger partial charge in [-0.05, 0) is 36.8 Å². The van der Waals surface area contributed by atoms with Crippen molar-refractivity contribution in [2.75, 3.05) is 0 Å². The van der Waals surface area contributed by atoms with E-state index in [0.717, 1.165) is 5.56 Å². The van der Waals surface area contributed by atoms with E-state index in [1.165, 1.54) is 18.2 Å². The molecule has 2 aromatic carbocycles. The molecule has 0 aromatic heterocycles. The van der Waals surface area contributed by atoms with E-state index in [0.29, 0.717) is 5.56 Å². The van der Waals surface area contributed by atoms with Gasteiger partial charge in [-0.2, -0.15) is 0 Å². The van der Waals surface area contributed by atoms with E-state index >= 15 is 0 Å². The Balaban J connectivity index is 2.09. The van der Waals surface area contributed by atoms with E-state index in [4.69, 9.17) is 5.11 Å². The number of carbonyl (C=O) groups excluding carboxylic acids is 1. The van der Waals surface area contributed by atoms with Crippen LogP contribution in [0.15, 0.2) is 42.5 Å². The van der Waals surface area contributed by atoms with Crippen molar-refractivity contribution in [3.63, 3.8) is 0 Å². The molecule has 0 spiro atoms. The van der Waals surface area contributed by atoms with Gasteiger partial charge in [-0.25, -0.2) is 4.79 Å². The monoisotopic (exact) mass is 285 g/mol. The van der Waals surface area contributed by atoms with Gasteiger partial charge in [-0.3, -0.25) is 4.79 Å². The molecule has 0 heterocycles. The molecular formula is C16H15NO4. The lowest BCUT2D eigenvalue weighted by atomic mass is 10.1. The molecule has 0 radical (unpaired) electrons. The number of hydrogen-bond donors (Lipinski definition) is 3. The fraction of sp³-hybridized carbons (Fsp3) is 0.125. The van der Waals surface area contributed by atoms with E-state index in [9.17, 15) is 14.7 Å². The first-order valence-corrected chi connectivity index (χ1v) is 6.37.